The van der Waals surface area contributed by atoms with Crippen LogP contribution in [0.3, 0.4) is 0 Å². The molecule has 0 aliphatic rings. The minimum absolute atomic E-state index is 0.0148. The number of ether oxygens (including phenoxy) is 1. The molecule has 0 radical (unpaired) electrons. The number of carbonyl (C=O) groups is 1. The number of hydrogen-bond donors (Lipinski definition) is 1. The summed E-state index contributed by atoms with van der Waals surface area (Å²) in [6, 6.07) is 7.43. The number of hydrogen-bond acceptors (Lipinski definition) is 4. The number of benzene rings is 1. The topological polar surface area (TPSA) is 73.2 Å². The molecular formula is C20H29N3O3. The van der Waals surface area contributed by atoms with Gasteiger partial charge in [0, 0.05) is 19.5 Å². The van der Waals surface area contributed by atoms with Crippen molar-refractivity contribution in [1.82, 2.24) is 14.9 Å². The van der Waals surface area contributed by atoms with Crippen LogP contribution in [-0.4, -0.2) is 27.8 Å². The molecule has 1 aromatic heterocycles. The molecule has 142 valence electrons. The van der Waals surface area contributed by atoms with Crippen molar-refractivity contribution in [1.29, 1.82) is 0 Å². The van der Waals surface area contributed by atoms with E-state index in [9.17, 15) is 9.59 Å². The summed E-state index contributed by atoms with van der Waals surface area (Å²) in [5.74, 6) is 0.813. The number of nitrogens with one attached hydrogen (secondary N) is 1. The van der Waals surface area contributed by atoms with Crippen molar-refractivity contribution in [3.63, 3.8) is 0 Å². The number of amides is 1. The zero-order valence-electron chi connectivity index (χ0n) is 16.2. The van der Waals surface area contributed by atoms with E-state index in [2.05, 4.69) is 17.2 Å². The Hall–Kier alpha value is -2.37. The molecule has 0 fully saturated rings. The highest BCUT2D eigenvalue weighted by molar-refractivity contribution is 5.77. The Morgan fingerprint density at radius 3 is 2.65 bits per heavy atom. The van der Waals surface area contributed by atoms with Gasteiger partial charge in [0.05, 0.1) is 10.9 Å². The summed E-state index contributed by atoms with van der Waals surface area (Å²) >= 11 is 0. The summed E-state index contributed by atoms with van der Waals surface area (Å²) in [6.45, 7) is 8.56. The first-order valence-corrected chi connectivity index (χ1v) is 9.27. The minimum atomic E-state index is -0.517. The van der Waals surface area contributed by atoms with Crippen LogP contribution in [0.4, 0.5) is 4.79 Å². The first-order chi connectivity index (χ1) is 12.3. The zero-order chi connectivity index (χ0) is 19.2. The smallest absolute Gasteiger partial charge is 0.407 e. The van der Waals surface area contributed by atoms with Gasteiger partial charge < -0.3 is 10.1 Å². The quantitative estimate of drug-likeness (QED) is 0.766. The number of fused-ring (bicyclic) bond motifs is 1. The van der Waals surface area contributed by atoms with Crippen LogP contribution >= 0.6 is 0 Å². The molecule has 0 bridgehead atoms. The van der Waals surface area contributed by atoms with Gasteiger partial charge in [0.25, 0.3) is 5.56 Å². The van der Waals surface area contributed by atoms with Crippen molar-refractivity contribution in [2.45, 2.75) is 65.5 Å². The SMILES string of the molecule is CCCCc1nc2ccccc2c(=O)n1CCCNC(=O)OC(C)(C)C. The Bertz CT molecular complexity index is 806. The molecule has 0 atom stereocenters. The van der Waals surface area contributed by atoms with Gasteiger partial charge in [-0.15, -0.1) is 0 Å². The molecule has 2 rings (SSSR count). The fourth-order valence-corrected chi connectivity index (χ4v) is 2.71. The van der Waals surface area contributed by atoms with E-state index >= 15 is 0 Å². The van der Waals surface area contributed by atoms with Crippen LogP contribution in [-0.2, 0) is 17.7 Å². The molecular weight excluding hydrogens is 330 g/mol. The summed E-state index contributed by atoms with van der Waals surface area (Å²) in [5, 5.41) is 3.36. The monoisotopic (exact) mass is 359 g/mol. The van der Waals surface area contributed by atoms with E-state index in [-0.39, 0.29) is 5.56 Å². The Balaban J connectivity index is 2.08. The third-order valence-corrected chi connectivity index (χ3v) is 3.92. The Labute approximate surface area is 154 Å². The summed E-state index contributed by atoms with van der Waals surface area (Å²) in [4.78, 5) is 29.2. The average Bonchev–Trinajstić information content (AvgIpc) is 2.57. The number of rotatable bonds is 7. The van der Waals surface area contributed by atoms with E-state index < -0.39 is 11.7 Å². The van der Waals surface area contributed by atoms with Gasteiger partial charge in [0.15, 0.2) is 0 Å². The van der Waals surface area contributed by atoms with Crippen molar-refractivity contribution in [3.05, 3.63) is 40.4 Å². The molecule has 1 amide bonds. The number of alkyl carbamates (subject to hydrolysis) is 1. The van der Waals surface area contributed by atoms with Gasteiger partial charge in [-0.2, -0.15) is 0 Å². The predicted molar refractivity (Wildman–Crippen MR) is 103 cm³/mol. The average molecular weight is 359 g/mol. The Morgan fingerprint density at radius 1 is 1.23 bits per heavy atom. The van der Waals surface area contributed by atoms with E-state index in [1.807, 2.05) is 45.0 Å². The summed E-state index contributed by atoms with van der Waals surface area (Å²) in [7, 11) is 0. The van der Waals surface area contributed by atoms with Crippen molar-refractivity contribution in [2.75, 3.05) is 6.54 Å². The highest BCUT2D eigenvalue weighted by Gasteiger charge is 2.15. The summed E-state index contributed by atoms with van der Waals surface area (Å²) in [5.41, 5.74) is 0.210. The second kappa shape index (κ2) is 8.83. The predicted octanol–water partition coefficient (Wildman–Crippen LogP) is 3.65. The lowest BCUT2D eigenvalue weighted by atomic mass is 10.2. The summed E-state index contributed by atoms with van der Waals surface area (Å²) in [6.07, 6.45) is 3.01. The van der Waals surface area contributed by atoms with E-state index in [0.29, 0.717) is 24.9 Å². The molecule has 0 spiro atoms. The first-order valence-electron chi connectivity index (χ1n) is 9.27. The van der Waals surface area contributed by atoms with Crippen LogP contribution in [0.1, 0.15) is 52.8 Å². The van der Waals surface area contributed by atoms with Crippen molar-refractivity contribution >= 4 is 17.0 Å². The number of unbranched alkanes of at least 4 members (excludes halogenated alkanes) is 1. The minimum Gasteiger partial charge on any atom is -0.444 e. The third-order valence-electron chi connectivity index (χ3n) is 3.92. The van der Waals surface area contributed by atoms with Crippen LogP contribution in [0.5, 0.6) is 0 Å². The molecule has 0 saturated carbocycles. The molecule has 6 nitrogen and oxygen atoms in total. The molecule has 6 heteroatoms. The lowest BCUT2D eigenvalue weighted by Crippen LogP contribution is -2.34. The highest BCUT2D eigenvalue weighted by Crippen LogP contribution is 2.10. The van der Waals surface area contributed by atoms with Gasteiger partial charge in [0.2, 0.25) is 0 Å². The number of nitrogens with zero attached hydrogens (tertiary/aromatic N) is 2. The standard InChI is InChI=1S/C20H29N3O3/c1-5-6-12-17-22-16-11-8-7-10-15(16)18(24)23(17)14-9-13-21-19(25)26-20(2,3)4/h7-8,10-11H,5-6,9,12-14H2,1-4H3,(H,21,25). The Morgan fingerprint density at radius 2 is 1.96 bits per heavy atom. The molecule has 0 aliphatic heterocycles. The molecule has 26 heavy (non-hydrogen) atoms. The molecule has 1 heterocycles. The first kappa shape index (κ1) is 19.9. The lowest BCUT2D eigenvalue weighted by molar-refractivity contribution is 0.0526. The maximum atomic E-state index is 12.8. The number of para-hydroxylation sites is 1. The molecule has 0 unspecified atom stereocenters. The van der Waals surface area contributed by atoms with E-state index in [1.54, 1.807) is 4.57 Å². The van der Waals surface area contributed by atoms with Gasteiger partial charge in [-0.3, -0.25) is 9.36 Å². The maximum absolute atomic E-state index is 12.8. The fourth-order valence-electron chi connectivity index (χ4n) is 2.71. The second-order valence-electron chi connectivity index (χ2n) is 7.39. The number of aromatic nitrogens is 2. The lowest BCUT2D eigenvalue weighted by Gasteiger charge is -2.19. The van der Waals surface area contributed by atoms with Gasteiger partial charge in [-0.05, 0) is 45.7 Å². The van der Waals surface area contributed by atoms with E-state index in [1.165, 1.54) is 0 Å². The van der Waals surface area contributed by atoms with E-state index in [4.69, 9.17) is 4.74 Å². The fraction of sp³-hybridized carbons (Fsp3) is 0.550. The van der Waals surface area contributed by atoms with E-state index in [0.717, 1.165) is 30.6 Å². The molecule has 1 aromatic carbocycles. The largest absolute Gasteiger partial charge is 0.444 e. The van der Waals surface area contributed by atoms with Gasteiger partial charge >= 0.3 is 6.09 Å². The van der Waals surface area contributed by atoms with Crippen LogP contribution in [0.2, 0.25) is 0 Å². The van der Waals surface area contributed by atoms with Crippen LogP contribution in [0.25, 0.3) is 10.9 Å². The zero-order valence-corrected chi connectivity index (χ0v) is 16.2. The van der Waals surface area contributed by atoms with Gasteiger partial charge in [-0.1, -0.05) is 25.5 Å². The third kappa shape index (κ3) is 5.58. The van der Waals surface area contributed by atoms with Crippen LogP contribution < -0.4 is 10.9 Å². The van der Waals surface area contributed by atoms with Crippen LogP contribution in [0.15, 0.2) is 29.1 Å². The molecule has 1 N–H and O–H groups in total. The normalized spacial score (nSPS) is 11.5. The van der Waals surface area contributed by atoms with Gasteiger partial charge in [-0.25, -0.2) is 9.78 Å². The van der Waals surface area contributed by atoms with Crippen molar-refractivity contribution in [2.24, 2.45) is 0 Å². The number of aryl methyl sites for hydroxylation is 1. The van der Waals surface area contributed by atoms with Crippen LogP contribution in [0, 0.1) is 0 Å². The van der Waals surface area contributed by atoms with Crippen molar-refractivity contribution in [3.8, 4) is 0 Å². The maximum Gasteiger partial charge on any atom is 0.407 e. The molecule has 0 aliphatic carbocycles. The molecule has 2 aromatic rings. The summed E-state index contributed by atoms with van der Waals surface area (Å²) < 4.78 is 6.96. The number of carbonyl (C=O) groups excluding carboxylic acids is 1. The second-order valence-corrected chi connectivity index (χ2v) is 7.39. The Kier molecular flexibility index (Phi) is 6.77. The molecule has 0 saturated heterocycles. The highest BCUT2D eigenvalue weighted by atomic mass is 16.6. The van der Waals surface area contributed by atoms with Crippen molar-refractivity contribution < 1.29 is 9.53 Å². The van der Waals surface area contributed by atoms with Gasteiger partial charge in [0.1, 0.15) is 11.4 Å².